The van der Waals surface area contributed by atoms with Crippen molar-refractivity contribution >= 4 is 11.6 Å². The number of pyridine rings is 1. The fourth-order valence-electron chi connectivity index (χ4n) is 2.13. The van der Waals surface area contributed by atoms with E-state index in [4.69, 9.17) is 21.1 Å². The van der Waals surface area contributed by atoms with Gasteiger partial charge in [0.15, 0.2) is 0 Å². The first kappa shape index (κ1) is 13.2. The zero-order valence-electron chi connectivity index (χ0n) is 10.9. The Morgan fingerprint density at radius 2 is 2.32 bits per heavy atom. The Morgan fingerprint density at radius 1 is 1.42 bits per heavy atom. The summed E-state index contributed by atoms with van der Waals surface area (Å²) in [6.07, 6.45) is 5.46. The second kappa shape index (κ2) is 6.07. The van der Waals surface area contributed by atoms with Crippen molar-refractivity contribution in [1.82, 2.24) is 10.3 Å². The summed E-state index contributed by atoms with van der Waals surface area (Å²) in [5.74, 6) is 0.998. The van der Waals surface area contributed by atoms with E-state index in [1.165, 1.54) is 12.8 Å². The van der Waals surface area contributed by atoms with Crippen LogP contribution in [-0.4, -0.2) is 30.8 Å². The van der Waals surface area contributed by atoms with Crippen molar-refractivity contribution in [2.75, 3.05) is 19.8 Å². The van der Waals surface area contributed by atoms with Crippen LogP contribution in [0.5, 0.6) is 5.88 Å². The van der Waals surface area contributed by atoms with Gasteiger partial charge in [0.2, 0.25) is 5.88 Å². The zero-order chi connectivity index (χ0) is 13.1. The molecule has 1 aromatic heterocycles. The molecule has 104 valence electrons. The first-order valence-electron chi connectivity index (χ1n) is 6.89. The quantitative estimate of drug-likeness (QED) is 0.870. The Kier molecular flexibility index (Phi) is 4.21. The number of halogens is 1. The Labute approximate surface area is 118 Å². The molecule has 1 unspecified atom stereocenters. The van der Waals surface area contributed by atoms with Gasteiger partial charge in [0.05, 0.1) is 13.2 Å². The standard InChI is InChI=1S/C14H19ClN2O2/c15-13-5-11(6-16-12-1-2-12)7-17-14(13)19-9-10-3-4-18-8-10/h5,7,10,12,16H,1-4,6,8-9H2. The Balaban J connectivity index is 1.52. The maximum atomic E-state index is 6.20. The molecule has 2 fully saturated rings. The van der Waals surface area contributed by atoms with E-state index < -0.39 is 0 Å². The fourth-order valence-corrected chi connectivity index (χ4v) is 2.37. The number of nitrogens with one attached hydrogen (secondary N) is 1. The molecule has 4 nitrogen and oxygen atoms in total. The second-order valence-electron chi connectivity index (χ2n) is 5.33. The van der Waals surface area contributed by atoms with Crippen molar-refractivity contribution in [2.45, 2.75) is 31.8 Å². The Morgan fingerprint density at radius 3 is 3.00 bits per heavy atom. The molecule has 0 amide bonds. The van der Waals surface area contributed by atoms with Crippen molar-refractivity contribution in [3.05, 3.63) is 22.8 Å². The van der Waals surface area contributed by atoms with Crippen molar-refractivity contribution in [3.63, 3.8) is 0 Å². The maximum absolute atomic E-state index is 6.20. The summed E-state index contributed by atoms with van der Waals surface area (Å²) < 4.78 is 11.0. The van der Waals surface area contributed by atoms with Crippen LogP contribution >= 0.6 is 11.6 Å². The molecule has 0 spiro atoms. The number of rotatable bonds is 6. The minimum atomic E-state index is 0.467. The lowest BCUT2D eigenvalue weighted by molar-refractivity contribution is 0.165. The van der Waals surface area contributed by atoms with E-state index in [0.29, 0.717) is 29.5 Å². The van der Waals surface area contributed by atoms with Gasteiger partial charge in [-0.1, -0.05) is 11.6 Å². The van der Waals surface area contributed by atoms with Gasteiger partial charge in [-0.05, 0) is 30.9 Å². The normalized spacial score (nSPS) is 22.7. The number of hydrogen-bond donors (Lipinski definition) is 1. The molecule has 2 aliphatic rings. The summed E-state index contributed by atoms with van der Waals surface area (Å²) in [7, 11) is 0. The maximum Gasteiger partial charge on any atom is 0.232 e. The molecule has 1 aliphatic heterocycles. The lowest BCUT2D eigenvalue weighted by atomic mass is 10.1. The van der Waals surface area contributed by atoms with E-state index in [-0.39, 0.29) is 0 Å². The van der Waals surface area contributed by atoms with E-state index >= 15 is 0 Å². The average Bonchev–Trinajstić information content (AvgIpc) is 3.10. The van der Waals surface area contributed by atoms with Gasteiger partial charge in [-0.15, -0.1) is 0 Å². The molecule has 5 heteroatoms. The summed E-state index contributed by atoms with van der Waals surface area (Å²) in [5.41, 5.74) is 1.11. The van der Waals surface area contributed by atoms with E-state index in [1.807, 2.05) is 12.3 Å². The molecule has 1 saturated heterocycles. The second-order valence-corrected chi connectivity index (χ2v) is 5.73. The predicted molar refractivity (Wildman–Crippen MR) is 73.5 cm³/mol. The van der Waals surface area contributed by atoms with E-state index in [2.05, 4.69) is 10.3 Å². The highest BCUT2D eigenvalue weighted by molar-refractivity contribution is 6.31. The van der Waals surface area contributed by atoms with Crippen molar-refractivity contribution < 1.29 is 9.47 Å². The van der Waals surface area contributed by atoms with E-state index in [1.54, 1.807) is 0 Å². The summed E-state index contributed by atoms with van der Waals surface area (Å²) in [6, 6.07) is 2.63. The van der Waals surface area contributed by atoms with Crippen LogP contribution < -0.4 is 10.1 Å². The number of aromatic nitrogens is 1. The van der Waals surface area contributed by atoms with Gasteiger partial charge in [-0.3, -0.25) is 0 Å². The molecule has 1 aliphatic carbocycles. The number of ether oxygens (including phenoxy) is 2. The lowest BCUT2D eigenvalue weighted by Gasteiger charge is -2.11. The molecule has 1 atom stereocenters. The molecular weight excluding hydrogens is 264 g/mol. The van der Waals surface area contributed by atoms with Crippen LogP contribution in [0, 0.1) is 5.92 Å². The van der Waals surface area contributed by atoms with Crippen LogP contribution in [0.4, 0.5) is 0 Å². The van der Waals surface area contributed by atoms with E-state index in [9.17, 15) is 0 Å². The Bertz CT molecular complexity index is 431. The average molecular weight is 283 g/mol. The largest absolute Gasteiger partial charge is 0.476 e. The van der Waals surface area contributed by atoms with Gasteiger partial charge in [-0.25, -0.2) is 4.98 Å². The first-order valence-corrected chi connectivity index (χ1v) is 7.27. The van der Waals surface area contributed by atoms with Crippen LogP contribution in [0.15, 0.2) is 12.3 Å². The smallest absolute Gasteiger partial charge is 0.232 e. The van der Waals surface area contributed by atoms with Crippen molar-refractivity contribution in [2.24, 2.45) is 5.92 Å². The highest BCUT2D eigenvalue weighted by Crippen LogP contribution is 2.25. The lowest BCUT2D eigenvalue weighted by Crippen LogP contribution is -2.16. The van der Waals surface area contributed by atoms with Crippen LogP contribution in [0.25, 0.3) is 0 Å². The molecule has 19 heavy (non-hydrogen) atoms. The molecule has 1 aromatic rings. The van der Waals surface area contributed by atoms with Gasteiger partial charge in [0.1, 0.15) is 5.02 Å². The highest BCUT2D eigenvalue weighted by atomic mass is 35.5. The number of hydrogen-bond acceptors (Lipinski definition) is 4. The van der Waals surface area contributed by atoms with Gasteiger partial charge >= 0.3 is 0 Å². The van der Waals surface area contributed by atoms with Crippen LogP contribution in [-0.2, 0) is 11.3 Å². The van der Waals surface area contributed by atoms with Gasteiger partial charge in [-0.2, -0.15) is 0 Å². The topological polar surface area (TPSA) is 43.4 Å². The molecule has 3 rings (SSSR count). The summed E-state index contributed by atoms with van der Waals surface area (Å²) in [6.45, 7) is 3.07. The first-order chi connectivity index (χ1) is 9.31. The third kappa shape index (κ3) is 3.81. The number of nitrogens with zero attached hydrogens (tertiary/aromatic N) is 1. The molecule has 1 saturated carbocycles. The molecule has 2 heterocycles. The van der Waals surface area contributed by atoms with Crippen LogP contribution in [0.2, 0.25) is 5.02 Å². The molecule has 0 aromatic carbocycles. The summed E-state index contributed by atoms with van der Waals surface area (Å²) >= 11 is 6.20. The molecule has 0 bridgehead atoms. The molecular formula is C14H19ClN2O2. The molecule has 1 N–H and O–H groups in total. The van der Waals surface area contributed by atoms with Gasteiger partial charge in [0, 0.05) is 31.3 Å². The third-order valence-electron chi connectivity index (χ3n) is 3.52. The third-order valence-corrected chi connectivity index (χ3v) is 3.79. The fraction of sp³-hybridized carbons (Fsp3) is 0.643. The molecule has 0 radical (unpaired) electrons. The van der Waals surface area contributed by atoms with Crippen LogP contribution in [0.1, 0.15) is 24.8 Å². The van der Waals surface area contributed by atoms with Crippen LogP contribution in [0.3, 0.4) is 0 Å². The van der Waals surface area contributed by atoms with Gasteiger partial charge in [0.25, 0.3) is 0 Å². The predicted octanol–water partition coefficient (Wildman–Crippen LogP) is 2.40. The summed E-state index contributed by atoms with van der Waals surface area (Å²) in [5, 5.41) is 4.03. The minimum absolute atomic E-state index is 0.467. The SMILES string of the molecule is Clc1cc(CNC2CC2)cnc1OCC1CCOC1. The highest BCUT2D eigenvalue weighted by Gasteiger charge is 2.20. The Hall–Kier alpha value is -0.840. The van der Waals surface area contributed by atoms with E-state index in [0.717, 1.165) is 31.7 Å². The zero-order valence-corrected chi connectivity index (χ0v) is 11.7. The monoisotopic (exact) mass is 282 g/mol. The van der Waals surface area contributed by atoms with Crippen molar-refractivity contribution in [1.29, 1.82) is 0 Å². The van der Waals surface area contributed by atoms with Crippen molar-refractivity contribution in [3.8, 4) is 5.88 Å². The van der Waals surface area contributed by atoms with Gasteiger partial charge < -0.3 is 14.8 Å². The minimum Gasteiger partial charge on any atom is -0.476 e. The summed E-state index contributed by atoms with van der Waals surface area (Å²) in [4.78, 5) is 4.30.